The maximum Gasteiger partial charge on any atom is 0.0965 e. The van der Waals surface area contributed by atoms with E-state index in [1.807, 2.05) is 25.1 Å². The van der Waals surface area contributed by atoms with Gasteiger partial charge in [-0.25, -0.2) is 4.98 Å². The summed E-state index contributed by atoms with van der Waals surface area (Å²) >= 11 is 1.65. The molecule has 1 aromatic heterocycles. The molecule has 0 bridgehead atoms. The van der Waals surface area contributed by atoms with Gasteiger partial charge in [-0.1, -0.05) is 32.9 Å². The molecule has 2 unspecified atom stereocenters. The number of para-hydroxylation sites is 1. The van der Waals surface area contributed by atoms with Crippen molar-refractivity contribution in [1.29, 1.82) is 0 Å². The van der Waals surface area contributed by atoms with Crippen molar-refractivity contribution < 1.29 is 9.84 Å². The number of benzene rings is 1. The molecule has 0 radical (unpaired) electrons. The summed E-state index contributed by atoms with van der Waals surface area (Å²) in [6.45, 7) is 8.85. The van der Waals surface area contributed by atoms with Crippen LogP contribution in [0, 0.1) is 5.41 Å². The lowest BCUT2D eigenvalue weighted by Gasteiger charge is -2.33. The van der Waals surface area contributed by atoms with Crippen molar-refractivity contribution >= 4 is 21.6 Å². The van der Waals surface area contributed by atoms with Gasteiger partial charge in [0.2, 0.25) is 0 Å². The van der Waals surface area contributed by atoms with E-state index in [1.165, 1.54) is 4.70 Å². The molecule has 4 heteroatoms. The number of ether oxygens (including phenoxy) is 1. The maximum absolute atomic E-state index is 10.5. The fourth-order valence-electron chi connectivity index (χ4n) is 2.41. The highest BCUT2D eigenvalue weighted by molar-refractivity contribution is 7.18. The Morgan fingerprint density at radius 2 is 2.00 bits per heavy atom. The first kappa shape index (κ1) is 15.4. The number of thiazole rings is 1. The zero-order valence-electron chi connectivity index (χ0n) is 12.6. The number of nitrogens with zero attached hydrogens (tertiary/aromatic N) is 1. The molecule has 110 valence electrons. The minimum atomic E-state index is -0.532. The summed E-state index contributed by atoms with van der Waals surface area (Å²) in [5.41, 5.74) is 0.912. The molecule has 0 spiro atoms. The third-order valence-corrected chi connectivity index (χ3v) is 4.33. The van der Waals surface area contributed by atoms with E-state index in [4.69, 9.17) is 4.74 Å². The van der Waals surface area contributed by atoms with Crippen LogP contribution in [0.2, 0.25) is 0 Å². The maximum atomic E-state index is 10.5. The summed E-state index contributed by atoms with van der Waals surface area (Å²) in [5, 5.41) is 11.5. The highest BCUT2D eigenvalue weighted by Crippen LogP contribution is 2.29. The van der Waals surface area contributed by atoms with Crippen LogP contribution in [-0.2, 0) is 11.2 Å². The first-order chi connectivity index (χ1) is 9.41. The molecule has 3 nitrogen and oxygen atoms in total. The Balaban J connectivity index is 2.14. The standard InChI is InChI=1S/C16H23NO2S/c1-5-19-15(16(2,3)4)12(18)10-14-17-11-8-6-7-9-13(11)20-14/h6-9,12,15,18H,5,10H2,1-4H3. The van der Waals surface area contributed by atoms with Gasteiger partial charge in [0.1, 0.15) is 0 Å². The van der Waals surface area contributed by atoms with E-state index in [0.717, 1.165) is 10.5 Å². The van der Waals surface area contributed by atoms with Gasteiger partial charge in [-0.05, 0) is 24.5 Å². The highest BCUT2D eigenvalue weighted by atomic mass is 32.1. The Hall–Kier alpha value is -0.970. The molecule has 0 saturated carbocycles. The molecule has 0 aliphatic carbocycles. The summed E-state index contributed by atoms with van der Waals surface area (Å²) in [4.78, 5) is 4.58. The number of aliphatic hydroxyl groups is 1. The van der Waals surface area contributed by atoms with Crippen LogP contribution in [0.25, 0.3) is 10.2 Å². The van der Waals surface area contributed by atoms with E-state index in [0.29, 0.717) is 13.0 Å². The van der Waals surface area contributed by atoms with Crippen LogP contribution >= 0.6 is 11.3 Å². The Bertz CT molecular complexity index is 526. The molecule has 0 amide bonds. The molecule has 2 aromatic rings. The third-order valence-electron chi connectivity index (χ3n) is 3.27. The second-order valence-corrected chi connectivity index (χ2v) is 7.20. The van der Waals surface area contributed by atoms with Gasteiger partial charge in [0, 0.05) is 13.0 Å². The predicted octanol–water partition coefficient (Wildman–Crippen LogP) is 3.65. The summed E-state index contributed by atoms with van der Waals surface area (Å²) in [6, 6.07) is 8.07. The molecule has 1 heterocycles. The smallest absolute Gasteiger partial charge is 0.0965 e. The molecular formula is C16H23NO2S. The van der Waals surface area contributed by atoms with Crippen molar-refractivity contribution in [2.45, 2.75) is 46.3 Å². The topological polar surface area (TPSA) is 42.4 Å². The number of hydrogen-bond donors (Lipinski definition) is 1. The van der Waals surface area contributed by atoms with Crippen LogP contribution in [0.4, 0.5) is 0 Å². The van der Waals surface area contributed by atoms with Crippen LogP contribution in [0.15, 0.2) is 24.3 Å². The number of aliphatic hydroxyl groups excluding tert-OH is 1. The SMILES string of the molecule is CCOC(C(O)Cc1nc2ccccc2s1)C(C)(C)C. The summed E-state index contributed by atoms with van der Waals surface area (Å²) in [6.07, 6.45) is -0.170. The lowest BCUT2D eigenvalue weighted by molar-refractivity contribution is -0.0873. The van der Waals surface area contributed by atoms with E-state index < -0.39 is 6.10 Å². The largest absolute Gasteiger partial charge is 0.390 e. The monoisotopic (exact) mass is 293 g/mol. The molecule has 2 atom stereocenters. The van der Waals surface area contributed by atoms with Crippen LogP contribution < -0.4 is 0 Å². The number of rotatable bonds is 5. The highest BCUT2D eigenvalue weighted by Gasteiger charge is 2.32. The molecule has 2 rings (SSSR count). The zero-order chi connectivity index (χ0) is 14.8. The van der Waals surface area contributed by atoms with Crippen LogP contribution in [0.5, 0.6) is 0 Å². The molecule has 20 heavy (non-hydrogen) atoms. The Labute approximate surface area is 124 Å². The Morgan fingerprint density at radius 3 is 2.60 bits per heavy atom. The molecule has 0 aliphatic rings. The number of hydrogen-bond acceptors (Lipinski definition) is 4. The van der Waals surface area contributed by atoms with Crippen molar-refractivity contribution in [3.8, 4) is 0 Å². The minimum Gasteiger partial charge on any atom is -0.390 e. The zero-order valence-corrected chi connectivity index (χ0v) is 13.4. The Kier molecular flexibility index (Phi) is 4.78. The minimum absolute atomic E-state index is 0.0912. The van der Waals surface area contributed by atoms with Gasteiger partial charge in [0.15, 0.2) is 0 Å². The summed E-state index contributed by atoms with van der Waals surface area (Å²) in [7, 11) is 0. The van der Waals surface area contributed by atoms with Gasteiger partial charge in [-0.15, -0.1) is 11.3 Å². The fraction of sp³-hybridized carbons (Fsp3) is 0.562. The van der Waals surface area contributed by atoms with E-state index in [-0.39, 0.29) is 11.5 Å². The van der Waals surface area contributed by atoms with Gasteiger partial charge in [-0.2, -0.15) is 0 Å². The van der Waals surface area contributed by atoms with E-state index in [2.05, 4.69) is 31.8 Å². The van der Waals surface area contributed by atoms with Crippen molar-refractivity contribution in [3.63, 3.8) is 0 Å². The van der Waals surface area contributed by atoms with E-state index in [9.17, 15) is 5.11 Å². The predicted molar refractivity (Wildman–Crippen MR) is 84.2 cm³/mol. The molecular weight excluding hydrogens is 270 g/mol. The summed E-state index contributed by atoms with van der Waals surface area (Å²) < 4.78 is 6.91. The number of aromatic nitrogens is 1. The molecule has 0 fully saturated rings. The van der Waals surface area contributed by atoms with E-state index in [1.54, 1.807) is 11.3 Å². The lowest BCUT2D eigenvalue weighted by Crippen LogP contribution is -2.41. The van der Waals surface area contributed by atoms with Crippen LogP contribution in [-0.4, -0.2) is 28.9 Å². The first-order valence-electron chi connectivity index (χ1n) is 7.06. The van der Waals surface area contributed by atoms with Gasteiger partial charge in [0.05, 0.1) is 27.4 Å². The van der Waals surface area contributed by atoms with Crippen molar-refractivity contribution in [2.75, 3.05) is 6.61 Å². The average molecular weight is 293 g/mol. The normalized spacial score (nSPS) is 15.4. The molecule has 1 aromatic carbocycles. The van der Waals surface area contributed by atoms with Crippen LogP contribution in [0.1, 0.15) is 32.7 Å². The first-order valence-corrected chi connectivity index (χ1v) is 7.87. The van der Waals surface area contributed by atoms with E-state index >= 15 is 0 Å². The van der Waals surface area contributed by atoms with Crippen molar-refractivity contribution in [1.82, 2.24) is 4.98 Å². The third kappa shape index (κ3) is 3.57. The van der Waals surface area contributed by atoms with Gasteiger partial charge >= 0.3 is 0 Å². The fourth-order valence-corrected chi connectivity index (χ4v) is 3.43. The second-order valence-electron chi connectivity index (χ2n) is 6.09. The number of fused-ring (bicyclic) bond motifs is 1. The van der Waals surface area contributed by atoms with Gasteiger partial charge in [0.25, 0.3) is 0 Å². The lowest BCUT2D eigenvalue weighted by atomic mass is 9.84. The van der Waals surface area contributed by atoms with Gasteiger partial charge in [-0.3, -0.25) is 0 Å². The quantitative estimate of drug-likeness (QED) is 0.915. The van der Waals surface area contributed by atoms with Crippen LogP contribution in [0.3, 0.4) is 0 Å². The molecule has 1 N–H and O–H groups in total. The van der Waals surface area contributed by atoms with Gasteiger partial charge < -0.3 is 9.84 Å². The molecule has 0 aliphatic heterocycles. The van der Waals surface area contributed by atoms with Crippen molar-refractivity contribution in [2.24, 2.45) is 5.41 Å². The summed E-state index contributed by atoms with van der Waals surface area (Å²) in [5.74, 6) is 0. The Morgan fingerprint density at radius 1 is 1.30 bits per heavy atom. The van der Waals surface area contributed by atoms with Crippen molar-refractivity contribution in [3.05, 3.63) is 29.3 Å². The average Bonchev–Trinajstić information content (AvgIpc) is 2.76. The second kappa shape index (κ2) is 6.20. The molecule has 0 saturated heterocycles.